The Balaban J connectivity index is 1.87. The fraction of sp³-hybridized carbons (Fsp3) is 0.250. The van der Waals surface area contributed by atoms with Crippen molar-refractivity contribution in [3.63, 3.8) is 0 Å². The molecule has 0 N–H and O–H groups in total. The Hall–Kier alpha value is -2.16. The first-order chi connectivity index (χ1) is 9.13. The van der Waals surface area contributed by atoms with Gasteiger partial charge in [-0.2, -0.15) is 0 Å². The van der Waals surface area contributed by atoms with E-state index in [1.165, 1.54) is 0 Å². The molecule has 0 saturated carbocycles. The summed E-state index contributed by atoms with van der Waals surface area (Å²) in [6, 6.07) is 9.94. The second-order valence-electron chi connectivity index (χ2n) is 5.15. The van der Waals surface area contributed by atoms with Gasteiger partial charge in [0.2, 0.25) is 0 Å². The minimum Gasteiger partial charge on any atom is -0.328 e. The maximum Gasteiger partial charge on any atom is 0.254 e. The van der Waals surface area contributed by atoms with Gasteiger partial charge in [-0.3, -0.25) is 9.78 Å². The number of carbonyl (C=O) groups is 1. The van der Waals surface area contributed by atoms with E-state index in [9.17, 15) is 4.79 Å². The standard InChI is InChI=1S/C16H16N2O/c1-11-6-12(2)8-14(7-11)16(19)18-9-13-4-3-5-17-15(13)10-18/h3-8H,9-10H2,1-2H3. The molecule has 19 heavy (non-hydrogen) atoms. The lowest BCUT2D eigenvalue weighted by molar-refractivity contribution is 0.0750. The number of fused-ring (bicyclic) bond motifs is 1. The number of benzene rings is 1. The predicted molar refractivity (Wildman–Crippen MR) is 73.7 cm³/mol. The minimum atomic E-state index is 0.0878. The first-order valence-corrected chi connectivity index (χ1v) is 6.44. The molecule has 2 aromatic rings. The molecule has 0 fully saturated rings. The Labute approximate surface area is 112 Å². The van der Waals surface area contributed by atoms with Crippen molar-refractivity contribution in [3.8, 4) is 0 Å². The van der Waals surface area contributed by atoms with Gasteiger partial charge in [0.05, 0.1) is 12.2 Å². The second kappa shape index (κ2) is 4.50. The van der Waals surface area contributed by atoms with Gasteiger partial charge >= 0.3 is 0 Å². The molecule has 3 nitrogen and oxygen atoms in total. The fourth-order valence-corrected chi connectivity index (χ4v) is 2.62. The Morgan fingerprint density at radius 2 is 1.89 bits per heavy atom. The molecule has 3 heteroatoms. The van der Waals surface area contributed by atoms with E-state index in [1.807, 2.05) is 43.0 Å². The van der Waals surface area contributed by atoms with Gasteiger partial charge in [0.1, 0.15) is 0 Å². The fourth-order valence-electron chi connectivity index (χ4n) is 2.62. The number of rotatable bonds is 1. The number of hydrogen-bond acceptors (Lipinski definition) is 2. The van der Waals surface area contributed by atoms with E-state index >= 15 is 0 Å². The Bertz CT molecular complexity index is 604. The number of nitrogens with zero attached hydrogens (tertiary/aromatic N) is 2. The molecule has 1 aromatic heterocycles. The first kappa shape index (κ1) is 11.9. The maximum absolute atomic E-state index is 12.5. The largest absolute Gasteiger partial charge is 0.328 e. The van der Waals surface area contributed by atoms with Crippen molar-refractivity contribution >= 4 is 5.91 Å². The summed E-state index contributed by atoms with van der Waals surface area (Å²) in [5.74, 6) is 0.0878. The van der Waals surface area contributed by atoms with Crippen LogP contribution >= 0.6 is 0 Å². The van der Waals surface area contributed by atoms with Crippen LogP contribution in [0.1, 0.15) is 32.7 Å². The minimum absolute atomic E-state index is 0.0878. The number of pyridine rings is 1. The van der Waals surface area contributed by atoms with Crippen LogP contribution in [0, 0.1) is 13.8 Å². The third kappa shape index (κ3) is 2.24. The zero-order valence-corrected chi connectivity index (χ0v) is 11.2. The normalized spacial score (nSPS) is 13.5. The van der Waals surface area contributed by atoms with Crippen molar-refractivity contribution < 1.29 is 4.79 Å². The summed E-state index contributed by atoms with van der Waals surface area (Å²) < 4.78 is 0. The molecule has 1 aromatic carbocycles. The van der Waals surface area contributed by atoms with E-state index in [-0.39, 0.29) is 5.91 Å². The molecule has 0 atom stereocenters. The van der Waals surface area contributed by atoms with Crippen molar-refractivity contribution in [3.05, 3.63) is 64.5 Å². The average molecular weight is 252 g/mol. The third-order valence-corrected chi connectivity index (χ3v) is 3.44. The van der Waals surface area contributed by atoms with Gasteiger partial charge < -0.3 is 4.90 Å². The van der Waals surface area contributed by atoms with Crippen molar-refractivity contribution in [1.29, 1.82) is 0 Å². The quantitative estimate of drug-likeness (QED) is 0.782. The second-order valence-corrected chi connectivity index (χ2v) is 5.15. The van der Waals surface area contributed by atoms with Crippen LogP contribution in [0.2, 0.25) is 0 Å². The van der Waals surface area contributed by atoms with Crippen LogP contribution in [0.15, 0.2) is 36.5 Å². The van der Waals surface area contributed by atoms with Gasteiger partial charge in [0.15, 0.2) is 0 Å². The van der Waals surface area contributed by atoms with Crippen molar-refractivity contribution in [2.24, 2.45) is 0 Å². The molecule has 0 spiro atoms. The summed E-state index contributed by atoms with van der Waals surface area (Å²) >= 11 is 0. The molecule has 3 rings (SSSR count). The summed E-state index contributed by atoms with van der Waals surface area (Å²) in [5, 5.41) is 0. The Morgan fingerprint density at radius 1 is 1.16 bits per heavy atom. The van der Waals surface area contributed by atoms with Crippen LogP contribution < -0.4 is 0 Å². The van der Waals surface area contributed by atoms with E-state index in [0.29, 0.717) is 13.1 Å². The summed E-state index contributed by atoms with van der Waals surface area (Å²) in [4.78, 5) is 18.7. The summed E-state index contributed by atoms with van der Waals surface area (Å²) in [7, 11) is 0. The molecule has 0 unspecified atom stereocenters. The highest BCUT2D eigenvalue weighted by Gasteiger charge is 2.24. The molecule has 2 heterocycles. The van der Waals surface area contributed by atoms with Crippen LogP contribution in [-0.4, -0.2) is 15.8 Å². The van der Waals surface area contributed by atoms with Crippen molar-refractivity contribution in [1.82, 2.24) is 9.88 Å². The van der Waals surface area contributed by atoms with Gasteiger partial charge in [0, 0.05) is 18.3 Å². The lowest BCUT2D eigenvalue weighted by Gasteiger charge is -2.16. The van der Waals surface area contributed by atoms with Gasteiger partial charge in [-0.25, -0.2) is 0 Å². The van der Waals surface area contributed by atoms with Crippen molar-refractivity contribution in [2.45, 2.75) is 26.9 Å². The topological polar surface area (TPSA) is 33.2 Å². The zero-order chi connectivity index (χ0) is 13.4. The number of aromatic nitrogens is 1. The highest BCUT2D eigenvalue weighted by atomic mass is 16.2. The number of hydrogen-bond donors (Lipinski definition) is 0. The van der Waals surface area contributed by atoms with Gasteiger partial charge in [-0.15, -0.1) is 0 Å². The maximum atomic E-state index is 12.5. The van der Waals surface area contributed by atoms with Crippen LogP contribution in [0.3, 0.4) is 0 Å². The molecule has 0 radical (unpaired) electrons. The summed E-state index contributed by atoms with van der Waals surface area (Å²) in [5.41, 5.74) is 5.18. The van der Waals surface area contributed by atoms with E-state index in [0.717, 1.165) is 27.9 Å². The molecular weight excluding hydrogens is 236 g/mol. The highest BCUT2D eigenvalue weighted by Crippen LogP contribution is 2.22. The van der Waals surface area contributed by atoms with E-state index in [1.54, 1.807) is 6.20 Å². The van der Waals surface area contributed by atoms with E-state index < -0.39 is 0 Å². The zero-order valence-electron chi connectivity index (χ0n) is 11.2. The van der Waals surface area contributed by atoms with Crippen LogP contribution in [0.5, 0.6) is 0 Å². The highest BCUT2D eigenvalue weighted by molar-refractivity contribution is 5.94. The lowest BCUT2D eigenvalue weighted by atomic mass is 10.1. The molecule has 0 bridgehead atoms. The van der Waals surface area contributed by atoms with Gasteiger partial charge in [-0.1, -0.05) is 23.3 Å². The van der Waals surface area contributed by atoms with Crippen LogP contribution in [0.4, 0.5) is 0 Å². The molecule has 0 saturated heterocycles. The first-order valence-electron chi connectivity index (χ1n) is 6.44. The Morgan fingerprint density at radius 3 is 2.58 bits per heavy atom. The van der Waals surface area contributed by atoms with E-state index in [2.05, 4.69) is 11.1 Å². The van der Waals surface area contributed by atoms with Crippen LogP contribution in [0.25, 0.3) is 0 Å². The molecule has 1 aliphatic heterocycles. The number of amides is 1. The Kier molecular flexibility index (Phi) is 2.82. The molecule has 0 aliphatic carbocycles. The SMILES string of the molecule is Cc1cc(C)cc(C(=O)N2Cc3cccnc3C2)c1. The van der Waals surface area contributed by atoms with E-state index in [4.69, 9.17) is 0 Å². The average Bonchev–Trinajstić information content (AvgIpc) is 2.80. The molecular formula is C16H16N2O. The monoisotopic (exact) mass is 252 g/mol. The smallest absolute Gasteiger partial charge is 0.254 e. The third-order valence-electron chi connectivity index (χ3n) is 3.44. The predicted octanol–water partition coefficient (Wildman–Crippen LogP) is 2.85. The number of aryl methyl sites for hydroxylation is 2. The molecule has 1 aliphatic rings. The lowest BCUT2D eigenvalue weighted by Crippen LogP contribution is -2.25. The van der Waals surface area contributed by atoms with Crippen molar-refractivity contribution in [2.75, 3.05) is 0 Å². The molecule has 1 amide bonds. The number of carbonyl (C=O) groups excluding carboxylic acids is 1. The summed E-state index contributed by atoms with van der Waals surface area (Å²) in [6.45, 7) is 5.31. The van der Waals surface area contributed by atoms with Gasteiger partial charge in [-0.05, 0) is 37.6 Å². The van der Waals surface area contributed by atoms with Crippen LogP contribution in [-0.2, 0) is 13.1 Å². The van der Waals surface area contributed by atoms with Gasteiger partial charge in [0.25, 0.3) is 5.91 Å². The summed E-state index contributed by atoms with van der Waals surface area (Å²) in [6.07, 6.45) is 1.78. The molecule has 96 valence electrons.